The van der Waals surface area contributed by atoms with Crippen LogP contribution in [0.3, 0.4) is 0 Å². The first-order chi connectivity index (χ1) is 6.91. The molecule has 0 radical (unpaired) electrons. The maximum Gasteiger partial charge on any atom is 0.404 e. The van der Waals surface area contributed by atoms with Crippen LogP contribution in [0.5, 0.6) is 0 Å². The lowest BCUT2D eigenvalue weighted by Gasteiger charge is -2.13. The van der Waals surface area contributed by atoms with Gasteiger partial charge in [-0.05, 0) is 12.5 Å². The Morgan fingerprint density at radius 2 is 1.40 bits per heavy atom. The van der Waals surface area contributed by atoms with Crippen molar-refractivity contribution in [2.45, 2.75) is 24.5 Å². The van der Waals surface area contributed by atoms with E-state index in [0.29, 0.717) is 0 Å². The van der Waals surface area contributed by atoms with Crippen LogP contribution in [0.15, 0.2) is 18.2 Å². The molecule has 0 aliphatic heterocycles. The van der Waals surface area contributed by atoms with Gasteiger partial charge >= 0.3 is 28.7 Å². The van der Waals surface area contributed by atoms with Crippen LogP contribution in [-0.2, 0) is 0 Å². The van der Waals surface area contributed by atoms with Crippen LogP contribution < -0.4 is 24.0 Å². The largest absolute Gasteiger partial charge is 0.409 e. The van der Waals surface area contributed by atoms with Crippen molar-refractivity contribution in [3.05, 3.63) is 23.8 Å². The van der Waals surface area contributed by atoms with E-state index in [9.17, 15) is 0 Å². The fourth-order valence-electron chi connectivity index (χ4n) is 1.49. The summed E-state index contributed by atoms with van der Waals surface area (Å²) in [5, 5.41) is 0. The van der Waals surface area contributed by atoms with Crippen molar-refractivity contribution in [1.29, 1.82) is 0 Å². The Morgan fingerprint density at radius 3 is 1.67 bits per heavy atom. The van der Waals surface area contributed by atoms with Crippen molar-refractivity contribution in [2.24, 2.45) is 15.2 Å². The lowest BCUT2D eigenvalue weighted by Crippen LogP contribution is -2.44. The Hall–Kier alpha value is 0.165. The van der Waals surface area contributed by atoms with Crippen molar-refractivity contribution >= 4 is 37.6 Å². The van der Waals surface area contributed by atoms with E-state index < -0.39 is 28.7 Å². The fraction of sp³-hybridized carbons (Fsp3) is 0.400. The molecule has 15 heavy (non-hydrogen) atoms. The Morgan fingerprint density at radius 1 is 1.00 bits per heavy atom. The number of rotatable bonds is 3. The van der Waals surface area contributed by atoms with Gasteiger partial charge in [-0.3, -0.25) is 0 Å². The van der Waals surface area contributed by atoms with Crippen molar-refractivity contribution in [1.82, 2.24) is 0 Å². The smallest absolute Gasteiger partial charge is 0.404 e. The highest BCUT2D eigenvalue weighted by atomic mass is 27.2. The van der Waals surface area contributed by atoms with Gasteiger partial charge in [0.05, 0.1) is 0 Å². The van der Waals surface area contributed by atoms with Crippen molar-refractivity contribution < 1.29 is 0 Å². The minimum Gasteiger partial charge on any atom is -0.409 e. The van der Waals surface area contributed by atoms with Crippen LogP contribution >= 0.6 is 0 Å². The first-order valence-corrected chi connectivity index (χ1v) is 10.1. The fourth-order valence-corrected chi connectivity index (χ4v) is 3.50. The van der Waals surface area contributed by atoms with Gasteiger partial charge in [-0.25, -0.2) is 0 Å². The summed E-state index contributed by atoms with van der Waals surface area (Å²) in [4.78, 5) is 0. The number of nitrogens with two attached hydrogens (primary N) is 3. The first kappa shape index (κ1) is 13.2. The molecule has 5 heteroatoms. The van der Waals surface area contributed by atoms with Crippen LogP contribution in [-0.4, -0.2) is 28.7 Å². The highest BCUT2D eigenvalue weighted by Crippen LogP contribution is 2.06. The Balaban J connectivity index is 3.20. The molecule has 1 aromatic carbocycles. The molecular formula is C10H19Al2N3. The molecular weight excluding hydrogens is 216 g/mol. The summed E-state index contributed by atoms with van der Waals surface area (Å²) in [6.07, 6.45) is 0. The molecule has 1 rings (SSSR count). The molecule has 0 aromatic heterocycles. The zero-order valence-corrected chi connectivity index (χ0v) is 12.0. The van der Waals surface area contributed by atoms with E-state index in [1.54, 1.807) is 0 Å². The minimum absolute atomic E-state index is 0.0594. The summed E-state index contributed by atoms with van der Waals surface area (Å²) < 4.78 is 14.6. The molecule has 3 nitrogen and oxygen atoms in total. The molecule has 0 spiro atoms. The van der Waals surface area contributed by atoms with E-state index in [1.807, 2.05) is 6.92 Å². The standard InChI is InChI=1S/C8H9N.2CH3.2Al.2H2N/c1-7(9)8-5-3-2-4-6-8;;;;;;/h2,5-7H,9H2,1H3;2*1H3;;;2*1H2/q;;;2*+1;2*-1. The van der Waals surface area contributed by atoms with E-state index in [1.165, 1.54) is 8.85 Å². The minimum atomic E-state index is -1.26. The monoisotopic (exact) mass is 235 g/mol. The number of hydrogen-bond donors (Lipinski definition) is 3. The quantitative estimate of drug-likeness (QED) is 0.605. The number of benzene rings is 1. The summed E-state index contributed by atoms with van der Waals surface area (Å²) in [6.45, 7) is 1.99. The maximum atomic E-state index is 6.02. The number of hydrogen-bond acceptors (Lipinski definition) is 3. The highest BCUT2D eigenvalue weighted by Gasteiger charge is 2.16. The van der Waals surface area contributed by atoms with Crippen molar-refractivity contribution in [2.75, 3.05) is 0 Å². The molecule has 0 amide bonds. The molecule has 1 aromatic rings. The topological polar surface area (TPSA) is 78.1 Å². The van der Waals surface area contributed by atoms with Gasteiger partial charge in [-0.1, -0.05) is 38.6 Å². The zero-order chi connectivity index (χ0) is 11.6. The van der Waals surface area contributed by atoms with Crippen LogP contribution in [0, 0.1) is 0 Å². The van der Waals surface area contributed by atoms with Gasteiger partial charge in [0.15, 0.2) is 0 Å². The summed E-state index contributed by atoms with van der Waals surface area (Å²) in [6, 6.07) is 6.52. The van der Waals surface area contributed by atoms with Gasteiger partial charge < -0.3 is 15.2 Å². The summed E-state index contributed by atoms with van der Waals surface area (Å²) in [7, 11) is 0. The Bertz CT molecular complexity index is 273. The van der Waals surface area contributed by atoms with Gasteiger partial charge in [-0.15, -0.1) is 0 Å². The Labute approximate surface area is 101 Å². The second-order valence-electron chi connectivity index (χ2n) is 4.30. The summed E-state index contributed by atoms with van der Waals surface area (Å²) >= 11 is -2.51. The van der Waals surface area contributed by atoms with E-state index in [2.05, 4.69) is 29.8 Å². The van der Waals surface area contributed by atoms with E-state index >= 15 is 0 Å². The normalized spacial score (nSPS) is 12.4. The van der Waals surface area contributed by atoms with Gasteiger partial charge in [-0.2, -0.15) is 0 Å². The van der Waals surface area contributed by atoms with Crippen molar-refractivity contribution in [3.8, 4) is 0 Å². The van der Waals surface area contributed by atoms with Gasteiger partial charge in [0.25, 0.3) is 0 Å². The lowest BCUT2D eigenvalue weighted by atomic mass is 10.1. The van der Waals surface area contributed by atoms with E-state index in [4.69, 9.17) is 15.2 Å². The van der Waals surface area contributed by atoms with Crippen LogP contribution in [0.25, 0.3) is 0 Å². The molecule has 0 aliphatic rings. The predicted octanol–water partition coefficient (Wildman–Crippen LogP) is -0.720. The van der Waals surface area contributed by atoms with Crippen LogP contribution in [0.2, 0.25) is 11.6 Å². The van der Waals surface area contributed by atoms with Gasteiger partial charge in [0.2, 0.25) is 0 Å². The van der Waals surface area contributed by atoms with Gasteiger partial charge in [0, 0.05) is 6.04 Å². The molecule has 0 saturated carbocycles. The second-order valence-corrected chi connectivity index (χ2v) is 8.79. The third-order valence-electron chi connectivity index (χ3n) is 2.58. The molecule has 0 heterocycles. The highest BCUT2D eigenvalue weighted by molar-refractivity contribution is 6.72. The predicted molar refractivity (Wildman–Crippen MR) is 69.9 cm³/mol. The second kappa shape index (κ2) is 5.48. The SMILES string of the molecule is CC(N)c1c[c]([Al]([CH3])[NH2])c[c]([Al]([CH3])[NH2])c1. The lowest BCUT2D eigenvalue weighted by molar-refractivity contribution is 0.820. The molecule has 6 N–H and O–H groups in total. The van der Waals surface area contributed by atoms with Gasteiger partial charge in [0.1, 0.15) is 0 Å². The first-order valence-electron chi connectivity index (χ1n) is 5.33. The average molecular weight is 235 g/mol. The zero-order valence-electron chi connectivity index (χ0n) is 9.70. The van der Waals surface area contributed by atoms with Crippen molar-refractivity contribution in [3.63, 3.8) is 0 Å². The average Bonchev–Trinajstić information content (AvgIpc) is 2.16. The van der Waals surface area contributed by atoms with E-state index in [-0.39, 0.29) is 6.04 Å². The molecule has 80 valence electrons. The molecule has 1 atom stereocenters. The summed E-state index contributed by atoms with van der Waals surface area (Å²) in [5.74, 6) is 4.24. The van der Waals surface area contributed by atoms with Crippen LogP contribution in [0.1, 0.15) is 18.5 Å². The third kappa shape index (κ3) is 3.59. The molecule has 0 saturated heterocycles. The summed E-state index contributed by atoms with van der Waals surface area (Å²) in [5.41, 5.74) is 7.06. The van der Waals surface area contributed by atoms with E-state index in [0.717, 1.165) is 5.56 Å². The Kier molecular flexibility index (Phi) is 4.83. The van der Waals surface area contributed by atoms with Crippen LogP contribution in [0.4, 0.5) is 0 Å². The molecule has 0 bridgehead atoms. The third-order valence-corrected chi connectivity index (χ3v) is 5.35. The molecule has 1 unspecified atom stereocenters. The molecule has 0 fully saturated rings. The molecule has 0 aliphatic carbocycles. The maximum absolute atomic E-state index is 6.02.